The van der Waals surface area contributed by atoms with E-state index in [4.69, 9.17) is 16.3 Å². The van der Waals surface area contributed by atoms with Crippen molar-refractivity contribution in [1.29, 1.82) is 0 Å². The molecular formula is C21H26ClNO2. The van der Waals surface area contributed by atoms with Crippen LogP contribution in [0.25, 0.3) is 0 Å². The molecule has 1 atom stereocenters. The van der Waals surface area contributed by atoms with Crippen LogP contribution in [0, 0.1) is 5.92 Å². The van der Waals surface area contributed by atoms with Gasteiger partial charge >= 0.3 is 0 Å². The van der Waals surface area contributed by atoms with E-state index >= 15 is 0 Å². The predicted molar refractivity (Wildman–Crippen MR) is 103 cm³/mol. The Balaban J connectivity index is 1.84. The molecule has 4 heteroatoms. The van der Waals surface area contributed by atoms with Crippen molar-refractivity contribution in [3.63, 3.8) is 0 Å². The molecule has 1 amide bonds. The van der Waals surface area contributed by atoms with Crippen molar-refractivity contribution in [3.05, 3.63) is 64.7 Å². The van der Waals surface area contributed by atoms with Gasteiger partial charge in [-0.3, -0.25) is 4.79 Å². The van der Waals surface area contributed by atoms with Crippen molar-refractivity contribution < 1.29 is 9.53 Å². The van der Waals surface area contributed by atoms with E-state index in [1.807, 2.05) is 36.4 Å². The number of hydrogen-bond donors (Lipinski definition) is 1. The summed E-state index contributed by atoms with van der Waals surface area (Å²) in [6.07, 6.45) is 2.11. The molecule has 0 saturated carbocycles. The van der Waals surface area contributed by atoms with Gasteiger partial charge in [-0.15, -0.1) is 0 Å². The molecule has 0 spiro atoms. The molecule has 0 saturated heterocycles. The van der Waals surface area contributed by atoms with Crippen LogP contribution < -0.4 is 10.1 Å². The highest BCUT2D eigenvalue weighted by molar-refractivity contribution is 6.30. The van der Waals surface area contributed by atoms with Crippen LogP contribution in [0.5, 0.6) is 5.75 Å². The Kier molecular flexibility index (Phi) is 7.32. The Hall–Kier alpha value is -2.00. The number of halogens is 1. The lowest BCUT2D eigenvalue weighted by atomic mass is 10.0. The second-order valence-corrected chi connectivity index (χ2v) is 7.22. The minimum atomic E-state index is -0.0265. The largest absolute Gasteiger partial charge is 0.489 e. The van der Waals surface area contributed by atoms with E-state index in [0.29, 0.717) is 23.1 Å². The van der Waals surface area contributed by atoms with Crippen LogP contribution in [0.2, 0.25) is 5.02 Å². The number of ether oxygens (including phenoxy) is 1. The first-order chi connectivity index (χ1) is 11.9. The van der Waals surface area contributed by atoms with Gasteiger partial charge < -0.3 is 10.1 Å². The maximum atomic E-state index is 12.3. The van der Waals surface area contributed by atoms with E-state index < -0.39 is 0 Å². The summed E-state index contributed by atoms with van der Waals surface area (Å²) in [4.78, 5) is 12.3. The van der Waals surface area contributed by atoms with Gasteiger partial charge in [0.25, 0.3) is 5.91 Å². The molecule has 0 radical (unpaired) electrons. The van der Waals surface area contributed by atoms with E-state index in [9.17, 15) is 4.79 Å². The molecule has 0 aliphatic rings. The predicted octanol–water partition coefficient (Wildman–Crippen LogP) is 5.47. The van der Waals surface area contributed by atoms with Crippen LogP contribution >= 0.6 is 11.6 Å². The van der Waals surface area contributed by atoms with Gasteiger partial charge in [0.2, 0.25) is 0 Å². The molecule has 0 aliphatic carbocycles. The van der Waals surface area contributed by atoms with Crippen LogP contribution in [0.4, 0.5) is 0 Å². The Labute approximate surface area is 155 Å². The molecule has 0 aromatic heterocycles. The minimum absolute atomic E-state index is 0.0265. The van der Waals surface area contributed by atoms with Crippen molar-refractivity contribution in [2.24, 2.45) is 5.92 Å². The summed E-state index contributed by atoms with van der Waals surface area (Å²) in [7, 11) is 0. The van der Waals surface area contributed by atoms with Gasteiger partial charge in [-0.1, -0.05) is 37.6 Å². The summed E-state index contributed by atoms with van der Waals surface area (Å²) < 4.78 is 5.71. The fraction of sp³-hybridized carbons (Fsp3) is 0.381. The van der Waals surface area contributed by atoms with Crippen molar-refractivity contribution in [1.82, 2.24) is 5.32 Å². The molecular weight excluding hydrogens is 334 g/mol. The van der Waals surface area contributed by atoms with Gasteiger partial charge in [0.1, 0.15) is 12.4 Å². The number of nitrogens with one attached hydrogen (secondary N) is 1. The first-order valence-corrected chi connectivity index (χ1v) is 9.10. The second kappa shape index (κ2) is 9.47. The zero-order valence-corrected chi connectivity index (χ0v) is 15.8. The third-order valence-electron chi connectivity index (χ3n) is 3.99. The lowest BCUT2D eigenvalue weighted by molar-refractivity contribution is 0.0937. The lowest BCUT2D eigenvalue weighted by Crippen LogP contribution is -2.32. The van der Waals surface area contributed by atoms with E-state index in [1.165, 1.54) is 0 Å². The number of benzene rings is 2. The SMILES string of the molecule is CC(C)CCC(C)NC(=O)c1ccc(COc2ccc(Cl)cc2)cc1. The topological polar surface area (TPSA) is 38.3 Å². The molecule has 2 aromatic rings. The average molecular weight is 360 g/mol. The lowest BCUT2D eigenvalue weighted by Gasteiger charge is -2.15. The smallest absolute Gasteiger partial charge is 0.251 e. The molecule has 2 rings (SSSR count). The summed E-state index contributed by atoms with van der Waals surface area (Å²) in [5.74, 6) is 1.39. The van der Waals surface area contributed by atoms with E-state index in [2.05, 4.69) is 26.1 Å². The minimum Gasteiger partial charge on any atom is -0.489 e. The monoisotopic (exact) mass is 359 g/mol. The van der Waals surface area contributed by atoms with E-state index in [-0.39, 0.29) is 11.9 Å². The van der Waals surface area contributed by atoms with Gasteiger partial charge in [0.05, 0.1) is 0 Å². The number of carbonyl (C=O) groups is 1. The molecule has 0 heterocycles. The van der Waals surface area contributed by atoms with Gasteiger partial charge in [-0.05, 0) is 67.6 Å². The van der Waals surface area contributed by atoms with Crippen molar-refractivity contribution in [2.45, 2.75) is 46.3 Å². The Morgan fingerprint density at radius 2 is 1.64 bits per heavy atom. The zero-order chi connectivity index (χ0) is 18.2. The van der Waals surface area contributed by atoms with Gasteiger partial charge in [0.15, 0.2) is 0 Å². The Bertz CT molecular complexity index is 665. The van der Waals surface area contributed by atoms with Crippen molar-refractivity contribution in [3.8, 4) is 5.75 Å². The number of hydrogen-bond acceptors (Lipinski definition) is 2. The first kappa shape index (κ1) is 19.3. The summed E-state index contributed by atoms with van der Waals surface area (Å²) in [6.45, 7) is 6.89. The highest BCUT2D eigenvalue weighted by atomic mass is 35.5. The number of rotatable bonds is 8. The third kappa shape index (κ3) is 6.79. The quantitative estimate of drug-likeness (QED) is 0.678. The molecule has 25 heavy (non-hydrogen) atoms. The number of carbonyl (C=O) groups excluding carboxylic acids is 1. The summed E-state index contributed by atoms with van der Waals surface area (Å²) in [5.41, 5.74) is 1.69. The number of amides is 1. The third-order valence-corrected chi connectivity index (χ3v) is 4.24. The Morgan fingerprint density at radius 3 is 2.24 bits per heavy atom. The summed E-state index contributed by atoms with van der Waals surface area (Å²) in [5, 5.41) is 3.74. The molecule has 2 aromatic carbocycles. The average Bonchev–Trinajstić information content (AvgIpc) is 2.60. The molecule has 0 aliphatic heterocycles. The highest BCUT2D eigenvalue weighted by Gasteiger charge is 2.10. The van der Waals surface area contributed by atoms with Crippen LogP contribution in [0.1, 0.15) is 49.5 Å². The summed E-state index contributed by atoms with van der Waals surface area (Å²) >= 11 is 5.85. The van der Waals surface area contributed by atoms with Crippen LogP contribution in [0.15, 0.2) is 48.5 Å². The van der Waals surface area contributed by atoms with Gasteiger partial charge in [-0.25, -0.2) is 0 Å². The van der Waals surface area contributed by atoms with Crippen LogP contribution in [-0.2, 0) is 6.61 Å². The maximum absolute atomic E-state index is 12.3. The fourth-order valence-electron chi connectivity index (χ4n) is 2.41. The van der Waals surface area contributed by atoms with Crippen LogP contribution in [0.3, 0.4) is 0 Å². The van der Waals surface area contributed by atoms with Crippen molar-refractivity contribution >= 4 is 17.5 Å². The molecule has 134 valence electrons. The normalized spacial score (nSPS) is 12.0. The van der Waals surface area contributed by atoms with Gasteiger partial charge in [0, 0.05) is 16.6 Å². The Morgan fingerprint density at radius 1 is 1.00 bits per heavy atom. The molecule has 0 bridgehead atoms. The molecule has 3 nitrogen and oxygen atoms in total. The van der Waals surface area contributed by atoms with Crippen LogP contribution in [-0.4, -0.2) is 11.9 Å². The maximum Gasteiger partial charge on any atom is 0.251 e. The van der Waals surface area contributed by atoms with Gasteiger partial charge in [-0.2, -0.15) is 0 Å². The second-order valence-electron chi connectivity index (χ2n) is 6.79. The first-order valence-electron chi connectivity index (χ1n) is 8.72. The fourth-order valence-corrected chi connectivity index (χ4v) is 2.54. The molecule has 1 N–H and O–H groups in total. The molecule has 1 unspecified atom stereocenters. The molecule has 0 fully saturated rings. The highest BCUT2D eigenvalue weighted by Crippen LogP contribution is 2.17. The standard InChI is InChI=1S/C21H26ClNO2/c1-15(2)4-5-16(3)23-21(24)18-8-6-17(7-9-18)14-25-20-12-10-19(22)11-13-20/h6-13,15-16H,4-5,14H2,1-3H3,(H,23,24). The van der Waals surface area contributed by atoms with E-state index in [0.717, 1.165) is 24.2 Å². The van der Waals surface area contributed by atoms with Crippen molar-refractivity contribution in [2.75, 3.05) is 0 Å². The summed E-state index contributed by atoms with van der Waals surface area (Å²) in [6, 6.07) is 15.0. The zero-order valence-electron chi connectivity index (χ0n) is 15.1. The van der Waals surface area contributed by atoms with E-state index in [1.54, 1.807) is 12.1 Å².